The fraction of sp³-hybridized carbons (Fsp3) is 0.471. The maximum Gasteiger partial charge on any atom is 0.228 e. The summed E-state index contributed by atoms with van der Waals surface area (Å²) in [5.41, 5.74) is 1.03. The Bertz CT molecular complexity index is 699. The van der Waals surface area contributed by atoms with Crippen LogP contribution < -0.4 is 20.1 Å². The van der Waals surface area contributed by atoms with Crippen LogP contribution in [0.2, 0.25) is 0 Å². The molecule has 0 amide bonds. The molecule has 0 aliphatic rings. The van der Waals surface area contributed by atoms with Crippen molar-refractivity contribution in [3.8, 4) is 11.5 Å². The molecular weight excluding hydrogens is 322 g/mol. The molecular formula is C17H25N5O3. The van der Waals surface area contributed by atoms with E-state index < -0.39 is 0 Å². The Labute approximate surface area is 147 Å². The molecule has 2 N–H and O–H groups in total. The Kier molecular flexibility index (Phi) is 7.06. The molecule has 0 spiro atoms. The highest BCUT2D eigenvalue weighted by Crippen LogP contribution is 2.27. The lowest BCUT2D eigenvalue weighted by atomic mass is 10.2. The Hall–Kier alpha value is -2.77. The van der Waals surface area contributed by atoms with Gasteiger partial charge in [0.1, 0.15) is 0 Å². The Morgan fingerprint density at radius 1 is 1.20 bits per heavy atom. The number of aliphatic imine (C=N–C) groups is 1. The normalized spacial score (nSPS) is 11.3. The van der Waals surface area contributed by atoms with Crippen LogP contribution >= 0.6 is 0 Å². The van der Waals surface area contributed by atoms with Gasteiger partial charge >= 0.3 is 0 Å². The molecule has 2 rings (SSSR count). The summed E-state index contributed by atoms with van der Waals surface area (Å²) in [5.74, 6) is 3.38. The number of hydrogen-bond donors (Lipinski definition) is 2. The zero-order valence-corrected chi connectivity index (χ0v) is 15.1. The third-order valence-electron chi connectivity index (χ3n) is 3.41. The highest BCUT2D eigenvalue weighted by molar-refractivity contribution is 5.79. The first-order valence-electron chi connectivity index (χ1n) is 8.18. The first kappa shape index (κ1) is 18.6. The number of nitrogens with one attached hydrogen (secondary N) is 2. The number of nitrogens with zero attached hydrogens (tertiary/aromatic N) is 3. The predicted octanol–water partition coefficient (Wildman–Crippen LogP) is 1.69. The number of rotatable bonds is 8. The van der Waals surface area contributed by atoms with Gasteiger partial charge in [-0.3, -0.25) is 0 Å². The average molecular weight is 347 g/mol. The van der Waals surface area contributed by atoms with Crippen molar-refractivity contribution in [3.05, 3.63) is 35.5 Å². The van der Waals surface area contributed by atoms with Crippen LogP contribution in [0.3, 0.4) is 0 Å². The molecule has 8 nitrogen and oxygen atoms in total. The van der Waals surface area contributed by atoms with Crippen molar-refractivity contribution < 1.29 is 14.0 Å². The molecule has 0 atom stereocenters. The lowest BCUT2D eigenvalue weighted by Crippen LogP contribution is -2.38. The zero-order valence-electron chi connectivity index (χ0n) is 15.1. The summed E-state index contributed by atoms with van der Waals surface area (Å²) in [7, 11) is 3.24. The smallest absolute Gasteiger partial charge is 0.228 e. The van der Waals surface area contributed by atoms with E-state index in [1.807, 2.05) is 25.1 Å². The summed E-state index contributed by atoms with van der Waals surface area (Å²) in [6.45, 7) is 5.77. The highest BCUT2D eigenvalue weighted by atomic mass is 16.5. The Morgan fingerprint density at radius 2 is 2.00 bits per heavy atom. The van der Waals surface area contributed by atoms with Gasteiger partial charge in [0, 0.05) is 19.5 Å². The third-order valence-corrected chi connectivity index (χ3v) is 3.41. The lowest BCUT2D eigenvalue weighted by molar-refractivity contribution is 0.354. The second-order valence-electron chi connectivity index (χ2n) is 5.30. The van der Waals surface area contributed by atoms with E-state index in [0.717, 1.165) is 18.1 Å². The number of aromatic nitrogens is 2. The van der Waals surface area contributed by atoms with Crippen molar-refractivity contribution in [1.29, 1.82) is 0 Å². The molecule has 0 aliphatic carbocycles. The number of guanidine groups is 1. The Balaban J connectivity index is 1.94. The molecule has 1 heterocycles. The molecule has 0 aliphatic heterocycles. The second-order valence-corrected chi connectivity index (χ2v) is 5.30. The molecule has 136 valence electrons. The summed E-state index contributed by atoms with van der Waals surface area (Å²) in [6.07, 6.45) is 0.640. The van der Waals surface area contributed by atoms with Gasteiger partial charge in [0.15, 0.2) is 23.3 Å². The molecule has 0 saturated carbocycles. The molecule has 0 unspecified atom stereocenters. The van der Waals surface area contributed by atoms with Crippen molar-refractivity contribution in [2.75, 3.05) is 27.3 Å². The molecule has 1 aromatic carbocycles. The van der Waals surface area contributed by atoms with Crippen LogP contribution in [0.1, 0.15) is 24.2 Å². The van der Waals surface area contributed by atoms with Gasteiger partial charge in [-0.15, -0.1) is 0 Å². The van der Waals surface area contributed by atoms with Gasteiger partial charge in [0.05, 0.1) is 20.8 Å². The fourth-order valence-electron chi connectivity index (χ4n) is 2.22. The van der Waals surface area contributed by atoms with Crippen molar-refractivity contribution in [2.45, 2.75) is 26.8 Å². The Morgan fingerprint density at radius 3 is 2.64 bits per heavy atom. The number of benzene rings is 1. The van der Waals surface area contributed by atoms with Crippen LogP contribution in [0.4, 0.5) is 0 Å². The SMILES string of the molecule is CCNC(=NCc1ccc(OC)c(OC)c1)NCCc1nc(C)no1. The summed E-state index contributed by atoms with van der Waals surface area (Å²) in [5, 5.41) is 10.2. The van der Waals surface area contributed by atoms with E-state index in [1.165, 1.54) is 0 Å². The quantitative estimate of drug-likeness (QED) is 0.554. The van der Waals surface area contributed by atoms with Crippen LogP contribution in [0, 0.1) is 6.92 Å². The van der Waals surface area contributed by atoms with Gasteiger partial charge in [-0.2, -0.15) is 4.98 Å². The first-order valence-corrected chi connectivity index (χ1v) is 8.18. The zero-order chi connectivity index (χ0) is 18.1. The van der Waals surface area contributed by atoms with E-state index >= 15 is 0 Å². The number of hydrogen-bond acceptors (Lipinski definition) is 6. The van der Waals surface area contributed by atoms with Gasteiger partial charge in [0.25, 0.3) is 0 Å². The molecule has 0 fully saturated rings. The third kappa shape index (κ3) is 5.66. The van der Waals surface area contributed by atoms with E-state index in [1.54, 1.807) is 21.1 Å². The summed E-state index contributed by atoms with van der Waals surface area (Å²) in [4.78, 5) is 8.76. The second kappa shape index (κ2) is 9.51. The minimum atomic E-state index is 0.523. The standard InChI is InChI=1S/C17H25N5O3/c1-5-18-17(19-9-8-16-21-12(2)22-25-16)20-11-13-6-7-14(23-3)15(10-13)24-4/h6-7,10H,5,8-9,11H2,1-4H3,(H2,18,19,20). The summed E-state index contributed by atoms with van der Waals surface area (Å²) >= 11 is 0. The topological polar surface area (TPSA) is 93.8 Å². The van der Waals surface area contributed by atoms with E-state index in [0.29, 0.717) is 42.7 Å². The minimum Gasteiger partial charge on any atom is -0.493 e. The van der Waals surface area contributed by atoms with Crippen molar-refractivity contribution in [2.24, 2.45) is 4.99 Å². The summed E-state index contributed by atoms with van der Waals surface area (Å²) in [6, 6.07) is 5.77. The number of methoxy groups -OCH3 is 2. The maximum atomic E-state index is 5.32. The van der Waals surface area contributed by atoms with E-state index in [-0.39, 0.29) is 0 Å². The monoisotopic (exact) mass is 347 g/mol. The van der Waals surface area contributed by atoms with Gasteiger partial charge in [-0.05, 0) is 31.5 Å². The molecule has 0 bridgehead atoms. The van der Waals surface area contributed by atoms with Crippen molar-refractivity contribution in [1.82, 2.24) is 20.8 Å². The van der Waals surface area contributed by atoms with Crippen molar-refractivity contribution >= 4 is 5.96 Å². The van der Waals surface area contributed by atoms with Crippen LogP contribution in [0.5, 0.6) is 11.5 Å². The van der Waals surface area contributed by atoms with Crippen LogP contribution in [-0.4, -0.2) is 43.4 Å². The molecule has 25 heavy (non-hydrogen) atoms. The summed E-state index contributed by atoms with van der Waals surface area (Å²) < 4.78 is 15.7. The van der Waals surface area contributed by atoms with Crippen molar-refractivity contribution in [3.63, 3.8) is 0 Å². The minimum absolute atomic E-state index is 0.523. The lowest BCUT2D eigenvalue weighted by Gasteiger charge is -2.11. The van der Waals surface area contributed by atoms with Crippen LogP contribution in [0.25, 0.3) is 0 Å². The first-order chi connectivity index (χ1) is 12.2. The van der Waals surface area contributed by atoms with Gasteiger partial charge < -0.3 is 24.6 Å². The molecule has 8 heteroatoms. The van der Waals surface area contributed by atoms with E-state index in [2.05, 4.69) is 25.8 Å². The average Bonchev–Trinajstić information content (AvgIpc) is 3.04. The maximum absolute atomic E-state index is 5.32. The molecule has 1 aromatic heterocycles. The number of ether oxygens (including phenoxy) is 2. The fourth-order valence-corrected chi connectivity index (χ4v) is 2.22. The molecule has 2 aromatic rings. The van der Waals surface area contributed by atoms with Gasteiger partial charge in [-0.25, -0.2) is 4.99 Å². The molecule has 0 saturated heterocycles. The van der Waals surface area contributed by atoms with Crippen LogP contribution in [-0.2, 0) is 13.0 Å². The molecule has 0 radical (unpaired) electrons. The number of aryl methyl sites for hydroxylation is 1. The van der Waals surface area contributed by atoms with Gasteiger partial charge in [0.2, 0.25) is 5.89 Å². The van der Waals surface area contributed by atoms with E-state index in [9.17, 15) is 0 Å². The predicted molar refractivity (Wildman–Crippen MR) is 95.1 cm³/mol. The van der Waals surface area contributed by atoms with Gasteiger partial charge in [-0.1, -0.05) is 11.2 Å². The van der Waals surface area contributed by atoms with E-state index in [4.69, 9.17) is 14.0 Å². The highest BCUT2D eigenvalue weighted by Gasteiger charge is 2.06. The van der Waals surface area contributed by atoms with Crippen LogP contribution in [0.15, 0.2) is 27.7 Å². The largest absolute Gasteiger partial charge is 0.493 e.